The van der Waals surface area contributed by atoms with E-state index in [0.717, 1.165) is 0 Å². The van der Waals surface area contributed by atoms with Gasteiger partial charge in [0.25, 0.3) is 5.91 Å². The number of amides is 1. The zero-order valence-corrected chi connectivity index (χ0v) is 18.1. The molecule has 1 unspecified atom stereocenters. The fourth-order valence-electron chi connectivity index (χ4n) is 3.54. The molecule has 7 heteroatoms. The fourth-order valence-corrected chi connectivity index (χ4v) is 3.54. The van der Waals surface area contributed by atoms with Crippen LogP contribution in [0.1, 0.15) is 25.5 Å². The van der Waals surface area contributed by atoms with Crippen LogP contribution in [-0.2, 0) is 9.59 Å². The second-order valence-electron chi connectivity index (χ2n) is 7.48. The Bertz CT molecular complexity index is 980. The molecular formula is C24H27NO6. The largest absolute Gasteiger partial charge is 0.503 e. The summed E-state index contributed by atoms with van der Waals surface area (Å²) in [5.41, 5.74) is 0.794. The number of ether oxygens (including phenoxy) is 3. The van der Waals surface area contributed by atoms with Crippen molar-refractivity contribution in [3.8, 4) is 17.2 Å². The van der Waals surface area contributed by atoms with Gasteiger partial charge in [0.05, 0.1) is 32.4 Å². The first-order valence-electron chi connectivity index (χ1n) is 10.1. The van der Waals surface area contributed by atoms with Gasteiger partial charge in [-0.1, -0.05) is 26.0 Å². The van der Waals surface area contributed by atoms with E-state index < -0.39 is 17.7 Å². The van der Waals surface area contributed by atoms with E-state index in [-0.39, 0.29) is 30.4 Å². The van der Waals surface area contributed by atoms with Crippen molar-refractivity contribution in [1.29, 1.82) is 0 Å². The van der Waals surface area contributed by atoms with Gasteiger partial charge in [0.15, 0.2) is 11.5 Å². The van der Waals surface area contributed by atoms with Crippen molar-refractivity contribution >= 4 is 11.7 Å². The molecule has 1 amide bonds. The molecule has 3 rings (SSSR count). The average Bonchev–Trinajstić information content (AvgIpc) is 3.04. The lowest BCUT2D eigenvalue weighted by molar-refractivity contribution is -0.129. The summed E-state index contributed by atoms with van der Waals surface area (Å²) in [7, 11) is 3.13. The molecule has 0 radical (unpaired) electrons. The number of aliphatic hydroxyl groups is 1. The van der Waals surface area contributed by atoms with Crippen LogP contribution in [0.3, 0.4) is 0 Å². The molecule has 0 saturated carbocycles. The summed E-state index contributed by atoms with van der Waals surface area (Å²) in [4.78, 5) is 27.2. The normalized spacial score (nSPS) is 16.1. The number of hydrogen-bond acceptors (Lipinski definition) is 6. The molecule has 2 aromatic rings. The van der Waals surface area contributed by atoms with E-state index >= 15 is 0 Å². The van der Waals surface area contributed by atoms with E-state index in [2.05, 4.69) is 0 Å². The smallest absolute Gasteiger partial charge is 0.290 e. The van der Waals surface area contributed by atoms with Crippen LogP contribution >= 0.6 is 0 Å². The van der Waals surface area contributed by atoms with E-state index in [1.165, 1.54) is 4.90 Å². The Labute approximate surface area is 181 Å². The Morgan fingerprint density at radius 1 is 1.03 bits per heavy atom. The van der Waals surface area contributed by atoms with Gasteiger partial charge in [-0.15, -0.1) is 0 Å². The maximum Gasteiger partial charge on any atom is 0.290 e. The van der Waals surface area contributed by atoms with Crippen LogP contribution in [0.4, 0.5) is 0 Å². The Kier molecular flexibility index (Phi) is 6.84. The third-order valence-electron chi connectivity index (χ3n) is 5.16. The Morgan fingerprint density at radius 2 is 1.68 bits per heavy atom. The third kappa shape index (κ3) is 4.66. The standard InChI is InChI=1S/C24H27NO6/c1-15(2)22(26)20-21(16-6-5-7-19(14-16)30-4)25(24(28)23(20)27)12-13-31-18-10-8-17(29-3)9-11-18/h5-11,14-15,21,27H,12-13H2,1-4H3. The topological polar surface area (TPSA) is 85.3 Å². The molecule has 31 heavy (non-hydrogen) atoms. The minimum absolute atomic E-state index is 0.109. The molecule has 0 aromatic heterocycles. The van der Waals surface area contributed by atoms with E-state index in [0.29, 0.717) is 22.8 Å². The van der Waals surface area contributed by atoms with Crippen LogP contribution in [0.15, 0.2) is 59.9 Å². The number of hydrogen-bond donors (Lipinski definition) is 1. The zero-order valence-electron chi connectivity index (χ0n) is 18.1. The van der Waals surface area contributed by atoms with Gasteiger partial charge in [-0.3, -0.25) is 9.59 Å². The first-order valence-corrected chi connectivity index (χ1v) is 10.1. The van der Waals surface area contributed by atoms with Gasteiger partial charge in [0.1, 0.15) is 23.9 Å². The summed E-state index contributed by atoms with van der Waals surface area (Å²) < 4.78 is 16.2. The van der Waals surface area contributed by atoms with Gasteiger partial charge in [0.2, 0.25) is 0 Å². The number of carbonyl (C=O) groups excluding carboxylic acids is 2. The molecule has 2 aromatic carbocycles. The SMILES string of the molecule is COc1ccc(OCCN2C(=O)C(O)=C(C(=O)C(C)C)C2c2cccc(OC)c2)cc1. The molecule has 164 valence electrons. The lowest BCUT2D eigenvalue weighted by Gasteiger charge is -2.27. The highest BCUT2D eigenvalue weighted by Crippen LogP contribution is 2.39. The lowest BCUT2D eigenvalue weighted by Crippen LogP contribution is -2.35. The van der Waals surface area contributed by atoms with Crippen molar-refractivity contribution in [2.75, 3.05) is 27.4 Å². The van der Waals surface area contributed by atoms with Crippen LogP contribution in [0, 0.1) is 5.92 Å². The summed E-state index contributed by atoms with van der Waals surface area (Å²) in [6.07, 6.45) is 0. The van der Waals surface area contributed by atoms with Gasteiger partial charge in [-0.05, 0) is 42.0 Å². The molecule has 1 aliphatic rings. The van der Waals surface area contributed by atoms with Crippen LogP contribution in [0.25, 0.3) is 0 Å². The lowest BCUT2D eigenvalue weighted by atomic mass is 9.91. The summed E-state index contributed by atoms with van der Waals surface area (Å²) in [6.45, 7) is 3.86. The maximum absolute atomic E-state index is 12.9. The molecule has 0 fully saturated rings. The highest BCUT2D eigenvalue weighted by atomic mass is 16.5. The molecule has 0 saturated heterocycles. The van der Waals surface area contributed by atoms with Gasteiger partial charge < -0.3 is 24.2 Å². The molecule has 7 nitrogen and oxygen atoms in total. The van der Waals surface area contributed by atoms with Crippen LogP contribution in [-0.4, -0.2) is 49.1 Å². The molecular weight excluding hydrogens is 398 g/mol. The van der Waals surface area contributed by atoms with Crippen molar-refractivity contribution in [2.45, 2.75) is 19.9 Å². The summed E-state index contributed by atoms with van der Waals surface area (Å²) in [5.74, 6) is 0.214. The van der Waals surface area contributed by atoms with Crippen LogP contribution in [0.2, 0.25) is 0 Å². The highest BCUT2D eigenvalue weighted by molar-refractivity contribution is 6.09. The number of Topliss-reactive ketones (excluding diaryl/α,β-unsaturated/α-hetero) is 1. The number of ketones is 1. The Balaban J connectivity index is 1.86. The number of aliphatic hydroxyl groups excluding tert-OH is 1. The third-order valence-corrected chi connectivity index (χ3v) is 5.16. The van der Waals surface area contributed by atoms with Crippen molar-refractivity contribution in [1.82, 2.24) is 4.90 Å². The quantitative estimate of drug-likeness (QED) is 0.659. The van der Waals surface area contributed by atoms with E-state index in [4.69, 9.17) is 14.2 Å². The predicted octanol–water partition coefficient (Wildman–Crippen LogP) is 3.70. The molecule has 0 spiro atoms. The predicted molar refractivity (Wildman–Crippen MR) is 115 cm³/mol. The van der Waals surface area contributed by atoms with Crippen molar-refractivity contribution < 1.29 is 28.9 Å². The molecule has 1 heterocycles. The second-order valence-corrected chi connectivity index (χ2v) is 7.48. The number of benzene rings is 2. The van der Waals surface area contributed by atoms with Crippen molar-refractivity contribution in [3.63, 3.8) is 0 Å². The molecule has 0 bridgehead atoms. The highest BCUT2D eigenvalue weighted by Gasteiger charge is 2.43. The average molecular weight is 425 g/mol. The van der Waals surface area contributed by atoms with Gasteiger partial charge >= 0.3 is 0 Å². The minimum atomic E-state index is -0.711. The second kappa shape index (κ2) is 9.55. The minimum Gasteiger partial charge on any atom is -0.503 e. The number of nitrogens with zero attached hydrogens (tertiary/aromatic N) is 1. The molecule has 1 aliphatic heterocycles. The summed E-state index contributed by atoms with van der Waals surface area (Å²) in [6, 6.07) is 13.5. The Hall–Kier alpha value is -3.48. The summed E-state index contributed by atoms with van der Waals surface area (Å²) in [5, 5.41) is 10.6. The molecule has 0 aliphatic carbocycles. The van der Waals surface area contributed by atoms with E-state index in [1.54, 1.807) is 70.5 Å². The van der Waals surface area contributed by atoms with Crippen molar-refractivity contribution in [2.24, 2.45) is 5.92 Å². The molecule has 1 N–H and O–H groups in total. The van der Waals surface area contributed by atoms with Crippen molar-refractivity contribution in [3.05, 3.63) is 65.4 Å². The summed E-state index contributed by atoms with van der Waals surface area (Å²) >= 11 is 0. The monoisotopic (exact) mass is 425 g/mol. The molecule has 1 atom stereocenters. The van der Waals surface area contributed by atoms with Crippen LogP contribution in [0.5, 0.6) is 17.2 Å². The van der Waals surface area contributed by atoms with Gasteiger partial charge in [-0.25, -0.2) is 0 Å². The Morgan fingerprint density at radius 3 is 2.29 bits per heavy atom. The zero-order chi connectivity index (χ0) is 22.5. The number of rotatable bonds is 9. The number of methoxy groups -OCH3 is 2. The number of carbonyl (C=O) groups is 2. The van der Waals surface area contributed by atoms with E-state index in [1.807, 2.05) is 6.07 Å². The van der Waals surface area contributed by atoms with E-state index in [9.17, 15) is 14.7 Å². The first kappa shape index (κ1) is 22.2. The first-order chi connectivity index (χ1) is 14.9. The van der Waals surface area contributed by atoms with Crippen LogP contribution < -0.4 is 14.2 Å². The van der Waals surface area contributed by atoms with Gasteiger partial charge in [-0.2, -0.15) is 0 Å². The van der Waals surface area contributed by atoms with Gasteiger partial charge in [0, 0.05) is 5.92 Å². The maximum atomic E-state index is 12.9. The fraction of sp³-hybridized carbons (Fsp3) is 0.333.